The molecule has 9 nitrogen and oxygen atoms in total. The van der Waals surface area contributed by atoms with Gasteiger partial charge in [0.15, 0.2) is 25.0 Å². The summed E-state index contributed by atoms with van der Waals surface area (Å²) in [5.41, 5.74) is -2.87. The Labute approximate surface area is 261 Å². The average molecular weight is 651 g/mol. The lowest BCUT2D eigenvalue weighted by molar-refractivity contribution is -0.342. The highest BCUT2D eigenvalue weighted by molar-refractivity contribution is 6.74. The molecule has 1 aliphatic carbocycles. The van der Waals surface area contributed by atoms with Crippen molar-refractivity contribution in [3.8, 4) is 6.07 Å². The number of amides is 1. The molecule has 0 unspecified atom stereocenters. The summed E-state index contributed by atoms with van der Waals surface area (Å²) < 4.78 is 20.5. The minimum Gasteiger partial charge on any atom is -0.409 e. The molecular weight excluding hydrogens is 597 g/mol. The van der Waals surface area contributed by atoms with E-state index in [2.05, 4.69) is 47.6 Å². The van der Waals surface area contributed by atoms with E-state index < -0.39 is 60.5 Å². The second kappa shape index (κ2) is 11.7. The fraction of sp³-hybridized carbons (Fsp3) is 0.742. The Balaban J connectivity index is 2.27. The van der Waals surface area contributed by atoms with Gasteiger partial charge in [-0.2, -0.15) is 5.26 Å². The van der Waals surface area contributed by atoms with E-state index in [4.69, 9.17) is 18.1 Å². The van der Waals surface area contributed by atoms with Crippen LogP contribution in [0.15, 0.2) is 30.3 Å². The Bertz CT molecular complexity index is 1200. The Morgan fingerprint density at radius 2 is 1.37 bits per heavy atom. The normalized spacial score (nSPS) is 30.7. The first kappa shape index (κ1) is 36.1. The lowest BCUT2D eigenvalue weighted by Crippen LogP contribution is -2.87. The number of nitriles is 1. The second-order valence-electron chi connectivity index (χ2n) is 16.2. The number of hydrogen-bond acceptors (Lipinski definition) is 8. The number of aliphatic hydroxyl groups excluding tert-OH is 1. The fourth-order valence-electron chi connectivity index (χ4n) is 5.17. The van der Waals surface area contributed by atoms with Gasteiger partial charge in [0.25, 0.3) is 0 Å². The smallest absolute Gasteiger partial charge is 0.249 e. The molecule has 12 heteroatoms. The predicted octanol–water partition coefficient (Wildman–Crippen LogP) is 5.72. The molecule has 1 saturated carbocycles. The van der Waals surface area contributed by atoms with Crippen molar-refractivity contribution in [3.05, 3.63) is 35.9 Å². The van der Waals surface area contributed by atoms with Crippen LogP contribution in [-0.2, 0) is 29.5 Å². The summed E-state index contributed by atoms with van der Waals surface area (Å²) in [5.74, 6) is -0.321. The zero-order chi connectivity index (χ0) is 33.0. The van der Waals surface area contributed by atoms with E-state index in [1.54, 1.807) is 0 Å². The van der Waals surface area contributed by atoms with Gasteiger partial charge in [-0.3, -0.25) is 9.63 Å². The van der Waals surface area contributed by atoms with E-state index in [9.17, 15) is 20.3 Å². The summed E-state index contributed by atoms with van der Waals surface area (Å²) >= 11 is 0. The molecule has 6 atom stereocenters. The maximum atomic E-state index is 13.4. The molecule has 2 N–H and O–H groups in total. The van der Waals surface area contributed by atoms with E-state index >= 15 is 0 Å². The van der Waals surface area contributed by atoms with Gasteiger partial charge < -0.3 is 23.5 Å². The fourth-order valence-corrected chi connectivity index (χ4v) is 8.84. The van der Waals surface area contributed by atoms with E-state index in [0.717, 1.165) is 5.56 Å². The van der Waals surface area contributed by atoms with Crippen molar-refractivity contribution in [2.75, 3.05) is 0 Å². The lowest BCUT2D eigenvalue weighted by Gasteiger charge is -2.65. The molecule has 43 heavy (non-hydrogen) atoms. The number of hydroxylamine groups is 2. The van der Waals surface area contributed by atoms with Crippen LogP contribution < -0.4 is 0 Å². The molecule has 1 aliphatic heterocycles. The van der Waals surface area contributed by atoms with Crippen LogP contribution >= 0.6 is 0 Å². The van der Waals surface area contributed by atoms with Crippen molar-refractivity contribution in [3.63, 3.8) is 0 Å². The monoisotopic (exact) mass is 650 g/mol. The van der Waals surface area contributed by atoms with Gasteiger partial charge in [-0.25, -0.2) is 5.06 Å². The average Bonchev–Trinajstić information content (AvgIpc) is 2.85. The number of β-lactam (4-membered cyclic amide) rings is 1. The first-order chi connectivity index (χ1) is 19.3. The van der Waals surface area contributed by atoms with Gasteiger partial charge in [-0.15, -0.1) is 0 Å². The number of carbonyl (C=O) groups is 1. The molecule has 1 amide bonds. The van der Waals surface area contributed by atoms with Crippen molar-refractivity contribution in [1.82, 2.24) is 5.06 Å². The summed E-state index contributed by atoms with van der Waals surface area (Å²) in [5, 5.41) is 36.2. The van der Waals surface area contributed by atoms with Crippen molar-refractivity contribution in [1.29, 1.82) is 5.26 Å². The van der Waals surface area contributed by atoms with E-state index in [1.165, 1.54) is 5.06 Å². The Hall–Kier alpha value is -1.41. The lowest BCUT2D eigenvalue weighted by atomic mass is 9.62. The number of nitrogens with zero attached hydrogens (tertiary/aromatic N) is 2. The topological polar surface area (TPSA) is 121 Å². The van der Waals surface area contributed by atoms with E-state index in [0.29, 0.717) is 0 Å². The summed E-state index contributed by atoms with van der Waals surface area (Å²) in [7, 11) is -7.80. The molecule has 2 aliphatic rings. The van der Waals surface area contributed by atoms with Gasteiger partial charge >= 0.3 is 0 Å². The number of aliphatic hydroxyl groups is 2. The van der Waals surface area contributed by atoms with Crippen LogP contribution in [-0.4, -0.2) is 81.7 Å². The standard InChI is InChI=1S/C31H54N2O7Si3/c1-28(2,3)42(10,11)39-25-24(35)30(19-23(34)33(30)37-20-22-17-15-14-16-18-22)26(38-41(7,8)9)27(31(25,36)21-32)40-43(12,13)29(4,5)6/h14-18,24-27,35-36H,19-20H2,1-13H3/t24-,25-,26-,27+,30-,31-/m1/s1. The summed E-state index contributed by atoms with van der Waals surface area (Å²) in [6.07, 6.45) is -5.26. The quantitative estimate of drug-likeness (QED) is 0.198. The van der Waals surface area contributed by atoms with Gasteiger partial charge in [-0.1, -0.05) is 71.9 Å². The van der Waals surface area contributed by atoms with Gasteiger partial charge in [0, 0.05) is 0 Å². The number of carbonyl (C=O) groups excluding carboxylic acids is 1. The zero-order valence-electron chi connectivity index (χ0n) is 28.4. The molecule has 1 spiro atoms. The molecule has 1 saturated heterocycles. The summed E-state index contributed by atoms with van der Waals surface area (Å²) in [4.78, 5) is 19.6. The number of rotatable bonds is 9. The predicted molar refractivity (Wildman–Crippen MR) is 174 cm³/mol. The van der Waals surface area contributed by atoms with Crippen LogP contribution in [0.5, 0.6) is 0 Å². The van der Waals surface area contributed by atoms with Crippen molar-refractivity contribution in [2.45, 2.75) is 146 Å². The molecule has 1 aromatic carbocycles. The van der Waals surface area contributed by atoms with Gasteiger partial charge in [0.2, 0.25) is 11.5 Å². The highest BCUT2D eigenvalue weighted by Crippen LogP contribution is 2.54. The minimum atomic E-state index is -2.69. The van der Waals surface area contributed by atoms with Crippen LogP contribution in [0, 0.1) is 11.3 Å². The molecule has 1 heterocycles. The third-order valence-electron chi connectivity index (χ3n) is 9.79. The zero-order valence-corrected chi connectivity index (χ0v) is 31.4. The third kappa shape index (κ3) is 6.76. The molecule has 0 radical (unpaired) electrons. The number of hydrogen-bond donors (Lipinski definition) is 2. The second-order valence-corrected chi connectivity index (χ2v) is 30.2. The summed E-state index contributed by atoms with van der Waals surface area (Å²) in [6, 6.07) is 11.6. The molecule has 2 fully saturated rings. The molecular formula is C31H54N2O7Si3. The van der Waals surface area contributed by atoms with Crippen LogP contribution in [0.3, 0.4) is 0 Å². The first-order valence-corrected chi connectivity index (χ1v) is 24.4. The van der Waals surface area contributed by atoms with Crippen LogP contribution in [0.1, 0.15) is 53.5 Å². The molecule has 0 aromatic heterocycles. The van der Waals surface area contributed by atoms with Gasteiger partial charge in [-0.05, 0) is 61.5 Å². The largest absolute Gasteiger partial charge is 0.409 e. The van der Waals surface area contributed by atoms with Crippen molar-refractivity contribution >= 4 is 30.9 Å². The minimum absolute atomic E-state index is 0.0880. The van der Waals surface area contributed by atoms with Gasteiger partial charge in [0.05, 0.1) is 6.42 Å². The highest BCUT2D eigenvalue weighted by Gasteiger charge is 2.76. The Morgan fingerprint density at radius 1 is 0.884 bits per heavy atom. The summed E-state index contributed by atoms with van der Waals surface area (Å²) in [6.45, 7) is 26.6. The molecule has 242 valence electrons. The Morgan fingerprint density at radius 3 is 1.79 bits per heavy atom. The van der Waals surface area contributed by atoms with Crippen LogP contribution in [0.25, 0.3) is 0 Å². The SMILES string of the molecule is CC(C)(C)[Si](C)(C)O[C@@H]1[C@@H](O)[C@]2(CC(=O)N2OCc2ccccc2)[C@H](O[Si](C)(C)C)[C@H](O[Si](C)(C)C(C)(C)C)[C@@]1(O)C#N. The van der Waals surface area contributed by atoms with E-state index in [-0.39, 0.29) is 29.0 Å². The maximum Gasteiger partial charge on any atom is 0.249 e. The molecule has 3 rings (SSSR count). The van der Waals surface area contributed by atoms with Gasteiger partial charge in [0.1, 0.15) is 42.6 Å². The maximum absolute atomic E-state index is 13.4. The number of benzene rings is 1. The molecule has 0 bridgehead atoms. The van der Waals surface area contributed by atoms with E-state index in [1.807, 2.05) is 76.2 Å². The Kier molecular flexibility index (Phi) is 9.85. The first-order valence-electron chi connectivity index (χ1n) is 15.2. The highest BCUT2D eigenvalue weighted by atomic mass is 28.4. The van der Waals surface area contributed by atoms with Crippen LogP contribution in [0.4, 0.5) is 0 Å². The third-order valence-corrected chi connectivity index (χ3v) is 19.7. The van der Waals surface area contributed by atoms with Crippen molar-refractivity contribution in [2.24, 2.45) is 0 Å². The van der Waals surface area contributed by atoms with Crippen LogP contribution in [0.2, 0.25) is 55.9 Å². The molecule has 1 aromatic rings. The van der Waals surface area contributed by atoms with Crippen molar-refractivity contribution < 1.29 is 33.1 Å².